The van der Waals surface area contributed by atoms with Crippen molar-refractivity contribution in [3.63, 3.8) is 0 Å². The zero-order valence-electron chi connectivity index (χ0n) is 12.5. The first kappa shape index (κ1) is 16.0. The van der Waals surface area contributed by atoms with E-state index >= 15 is 0 Å². The van der Waals surface area contributed by atoms with E-state index in [0.717, 1.165) is 5.56 Å². The molecule has 1 aromatic rings. The number of aryl methyl sites for hydroxylation is 1. The Bertz CT molecular complexity index is 605. The summed E-state index contributed by atoms with van der Waals surface area (Å²) in [6.45, 7) is 4.52. The molecule has 0 aliphatic carbocycles. The lowest BCUT2D eigenvalue weighted by atomic mass is 10.1. The number of nitrogens with one attached hydrogen (secondary N) is 1. The lowest BCUT2D eigenvalue weighted by Gasteiger charge is -2.31. The molecule has 1 aliphatic rings. The molecule has 0 saturated carbocycles. The van der Waals surface area contributed by atoms with Gasteiger partial charge in [0.25, 0.3) is 0 Å². The number of hydrogen-bond acceptors (Lipinski definition) is 3. The first-order chi connectivity index (χ1) is 9.95. The Kier molecular flexibility index (Phi) is 5.00. The van der Waals surface area contributed by atoms with Gasteiger partial charge in [-0.3, -0.25) is 4.79 Å². The van der Waals surface area contributed by atoms with Crippen molar-refractivity contribution in [3.8, 4) is 0 Å². The standard InChI is InChI=1S/C15H22N2O3S/c1-3-15(18)16-13-8-10-17(11-9-13)21(19,20)14-7-5-4-6-12(14)2/h4-7,13H,3,8-11H2,1-2H3,(H,16,18). The molecular weight excluding hydrogens is 288 g/mol. The van der Waals surface area contributed by atoms with Crippen LogP contribution >= 0.6 is 0 Å². The molecular formula is C15H22N2O3S. The van der Waals surface area contributed by atoms with Crippen LogP contribution < -0.4 is 5.32 Å². The third kappa shape index (κ3) is 3.63. The Morgan fingerprint density at radius 3 is 2.48 bits per heavy atom. The molecule has 0 bridgehead atoms. The number of sulfonamides is 1. The minimum atomic E-state index is -3.43. The predicted molar refractivity (Wildman–Crippen MR) is 81.4 cm³/mol. The first-order valence-electron chi connectivity index (χ1n) is 7.30. The monoisotopic (exact) mass is 310 g/mol. The summed E-state index contributed by atoms with van der Waals surface area (Å²) >= 11 is 0. The second kappa shape index (κ2) is 6.58. The van der Waals surface area contributed by atoms with Crippen molar-refractivity contribution >= 4 is 15.9 Å². The van der Waals surface area contributed by atoms with Gasteiger partial charge >= 0.3 is 0 Å². The van der Waals surface area contributed by atoms with E-state index in [2.05, 4.69) is 5.32 Å². The van der Waals surface area contributed by atoms with E-state index in [1.54, 1.807) is 25.1 Å². The lowest BCUT2D eigenvalue weighted by molar-refractivity contribution is -0.121. The summed E-state index contributed by atoms with van der Waals surface area (Å²) in [6, 6.07) is 7.12. The molecule has 0 aromatic heterocycles. The zero-order chi connectivity index (χ0) is 15.5. The van der Waals surface area contributed by atoms with E-state index in [1.165, 1.54) is 4.31 Å². The van der Waals surface area contributed by atoms with Crippen LogP contribution in [0.5, 0.6) is 0 Å². The maximum atomic E-state index is 12.6. The molecule has 0 spiro atoms. The van der Waals surface area contributed by atoms with Gasteiger partial charge in [0.1, 0.15) is 0 Å². The van der Waals surface area contributed by atoms with Crippen LogP contribution in [-0.2, 0) is 14.8 Å². The molecule has 5 nitrogen and oxygen atoms in total. The van der Waals surface area contributed by atoms with Crippen LogP contribution in [0.25, 0.3) is 0 Å². The van der Waals surface area contributed by atoms with Gasteiger partial charge in [-0.1, -0.05) is 25.1 Å². The summed E-state index contributed by atoms with van der Waals surface area (Å²) in [5, 5.41) is 2.93. The van der Waals surface area contributed by atoms with Crippen LogP contribution in [0.3, 0.4) is 0 Å². The maximum Gasteiger partial charge on any atom is 0.243 e. The van der Waals surface area contributed by atoms with Gasteiger partial charge in [-0.15, -0.1) is 0 Å². The van der Waals surface area contributed by atoms with Crippen molar-refractivity contribution in [2.45, 2.75) is 44.0 Å². The average Bonchev–Trinajstić information content (AvgIpc) is 2.48. The summed E-state index contributed by atoms with van der Waals surface area (Å²) in [6.07, 6.45) is 1.79. The van der Waals surface area contributed by atoms with Crippen molar-refractivity contribution in [1.82, 2.24) is 9.62 Å². The molecule has 21 heavy (non-hydrogen) atoms. The number of benzene rings is 1. The molecule has 1 N–H and O–H groups in total. The molecule has 0 unspecified atom stereocenters. The number of piperidine rings is 1. The second-order valence-electron chi connectivity index (χ2n) is 5.36. The minimum absolute atomic E-state index is 0.0233. The average molecular weight is 310 g/mol. The molecule has 1 saturated heterocycles. The van der Waals surface area contributed by atoms with E-state index in [4.69, 9.17) is 0 Å². The highest BCUT2D eigenvalue weighted by Gasteiger charge is 2.30. The highest BCUT2D eigenvalue weighted by Crippen LogP contribution is 2.23. The van der Waals surface area contributed by atoms with E-state index in [9.17, 15) is 13.2 Å². The highest BCUT2D eigenvalue weighted by molar-refractivity contribution is 7.89. The van der Waals surface area contributed by atoms with Crippen LogP contribution in [0, 0.1) is 6.92 Å². The summed E-state index contributed by atoms with van der Waals surface area (Å²) in [4.78, 5) is 11.8. The Balaban J connectivity index is 2.05. The first-order valence-corrected chi connectivity index (χ1v) is 8.74. The molecule has 1 aliphatic heterocycles. The van der Waals surface area contributed by atoms with Crippen LogP contribution in [0.15, 0.2) is 29.2 Å². The normalized spacial score (nSPS) is 17.6. The van der Waals surface area contributed by atoms with Crippen molar-refractivity contribution in [2.24, 2.45) is 0 Å². The smallest absolute Gasteiger partial charge is 0.243 e. The molecule has 116 valence electrons. The third-order valence-electron chi connectivity index (χ3n) is 3.85. The van der Waals surface area contributed by atoms with E-state index in [0.29, 0.717) is 37.2 Å². The molecule has 2 rings (SSSR count). The SMILES string of the molecule is CCC(=O)NC1CCN(S(=O)(=O)c2ccccc2C)CC1. The minimum Gasteiger partial charge on any atom is -0.353 e. The van der Waals surface area contributed by atoms with Crippen molar-refractivity contribution in [2.75, 3.05) is 13.1 Å². The Morgan fingerprint density at radius 1 is 1.29 bits per heavy atom. The van der Waals surface area contributed by atoms with Crippen molar-refractivity contribution in [3.05, 3.63) is 29.8 Å². The van der Waals surface area contributed by atoms with Gasteiger partial charge in [-0.05, 0) is 31.4 Å². The summed E-state index contributed by atoms with van der Waals surface area (Å²) < 4.78 is 26.8. The molecule has 1 heterocycles. The van der Waals surface area contributed by atoms with Gasteiger partial charge in [-0.2, -0.15) is 4.31 Å². The van der Waals surface area contributed by atoms with Crippen LogP contribution in [0.4, 0.5) is 0 Å². The number of rotatable bonds is 4. The van der Waals surface area contributed by atoms with Gasteiger partial charge in [0.05, 0.1) is 4.90 Å². The van der Waals surface area contributed by atoms with Gasteiger partial charge in [0.2, 0.25) is 15.9 Å². The topological polar surface area (TPSA) is 66.5 Å². The number of carbonyl (C=O) groups excluding carboxylic acids is 1. The number of hydrogen-bond donors (Lipinski definition) is 1. The molecule has 1 aromatic carbocycles. The maximum absolute atomic E-state index is 12.6. The quantitative estimate of drug-likeness (QED) is 0.920. The van der Waals surface area contributed by atoms with Crippen LogP contribution in [0.2, 0.25) is 0 Å². The lowest BCUT2D eigenvalue weighted by Crippen LogP contribution is -2.46. The molecule has 1 fully saturated rings. The number of nitrogens with zero attached hydrogens (tertiary/aromatic N) is 1. The van der Waals surface area contributed by atoms with E-state index in [1.807, 2.05) is 13.0 Å². The summed E-state index contributed by atoms with van der Waals surface area (Å²) in [5.74, 6) is 0.0233. The molecule has 0 radical (unpaired) electrons. The molecule has 1 amide bonds. The number of carbonyl (C=O) groups is 1. The van der Waals surface area contributed by atoms with Crippen LogP contribution in [0.1, 0.15) is 31.7 Å². The zero-order valence-corrected chi connectivity index (χ0v) is 13.3. The van der Waals surface area contributed by atoms with Gasteiger partial charge in [0.15, 0.2) is 0 Å². The van der Waals surface area contributed by atoms with E-state index < -0.39 is 10.0 Å². The molecule has 0 atom stereocenters. The van der Waals surface area contributed by atoms with Gasteiger partial charge in [0, 0.05) is 25.6 Å². The molecule has 6 heteroatoms. The van der Waals surface area contributed by atoms with E-state index in [-0.39, 0.29) is 11.9 Å². The fourth-order valence-electron chi connectivity index (χ4n) is 2.56. The largest absolute Gasteiger partial charge is 0.353 e. The van der Waals surface area contributed by atoms with Crippen molar-refractivity contribution in [1.29, 1.82) is 0 Å². The Morgan fingerprint density at radius 2 is 1.90 bits per heavy atom. The fourth-order valence-corrected chi connectivity index (χ4v) is 4.25. The fraction of sp³-hybridized carbons (Fsp3) is 0.533. The Labute approximate surface area is 126 Å². The summed E-state index contributed by atoms with van der Waals surface area (Å²) in [7, 11) is -3.43. The van der Waals surface area contributed by atoms with Crippen LogP contribution in [-0.4, -0.2) is 37.8 Å². The summed E-state index contributed by atoms with van der Waals surface area (Å²) in [5.41, 5.74) is 0.763. The third-order valence-corrected chi connectivity index (χ3v) is 5.91. The second-order valence-corrected chi connectivity index (χ2v) is 7.27. The predicted octanol–water partition coefficient (Wildman–Crippen LogP) is 1.67. The van der Waals surface area contributed by atoms with Gasteiger partial charge in [-0.25, -0.2) is 8.42 Å². The van der Waals surface area contributed by atoms with Crippen molar-refractivity contribution < 1.29 is 13.2 Å². The number of amides is 1. The Hall–Kier alpha value is -1.40. The van der Waals surface area contributed by atoms with Gasteiger partial charge < -0.3 is 5.32 Å². The highest BCUT2D eigenvalue weighted by atomic mass is 32.2.